The highest BCUT2D eigenvalue weighted by Crippen LogP contribution is 2.45. The van der Waals surface area contributed by atoms with Crippen molar-refractivity contribution in [3.05, 3.63) is 101 Å². The van der Waals surface area contributed by atoms with Gasteiger partial charge >= 0.3 is 0 Å². The number of nitrogens with one attached hydrogen (secondary N) is 1. The molecule has 4 atom stereocenters. The number of aryl methyl sites for hydroxylation is 1. The van der Waals surface area contributed by atoms with Gasteiger partial charge < -0.3 is 19.7 Å². The monoisotopic (exact) mass is 570 g/mol. The van der Waals surface area contributed by atoms with Gasteiger partial charge in [0.2, 0.25) is 0 Å². The number of anilines is 2. The Hall–Kier alpha value is -3.42. The van der Waals surface area contributed by atoms with Crippen molar-refractivity contribution in [3.8, 4) is 5.69 Å². The minimum Gasteiger partial charge on any atom is -0.370 e. The maximum atomic E-state index is 7.02. The first kappa shape index (κ1) is 26.8. The van der Waals surface area contributed by atoms with Crippen molar-refractivity contribution in [3.63, 3.8) is 0 Å². The standard InChI is InChI=1S/C32H35ClN6S/c1-20-14-21(2)19-37(18-20)29-11-10-24(16-27(29)33)39-31(30(36-32(39)40)28-9-5-6-13-35-28)26-15-22(3)38(23(26)4)25-8-7-12-34-17-25/h5-13,15-17,20-21,30-31H,14,18-19H2,1-4H3,(H,36,40)/t20-,21-,30+,31-/m1/s1. The Morgan fingerprint density at radius 1 is 0.950 bits per heavy atom. The molecule has 0 bridgehead atoms. The number of hydrogen-bond donors (Lipinski definition) is 1. The third-order valence-electron chi connectivity index (χ3n) is 8.21. The highest BCUT2D eigenvalue weighted by Gasteiger charge is 2.42. The average Bonchev–Trinajstić information content (AvgIpc) is 3.43. The Bertz CT molecular complexity index is 1510. The summed E-state index contributed by atoms with van der Waals surface area (Å²) in [5, 5.41) is 5.01. The summed E-state index contributed by atoms with van der Waals surface area (Å²) in [4.78, 5) is 13.7. The van der Waals surface area contributed by atoms with Crippen molar-refractivity contribution in [2.75, 3.05) is 22.9 Å². The van der Waals surface area contributed by atoms with E-state index in [-0.39, 0.29) is 12.1 Å². The predicted octanol–water partition coefficient (Wildman–Crippen LogP) is 7.20. The molecule has 3 aromatic heterocycles. The van der Waals surface area contributed by atoms with Crippen LogP contribution in [0.15, 0.2) is 73.2 Å². The lowest BCUT2D eigenvalue weighted by atomic mass is 9.91. The summed E-state index contributed by atoms with van der Waals surface area (Å²) in [6.45, 7) is 11.0. The van der Waals surface area contributed by atoms with Crippen LogP contribution in [0.2, 0.25) is 5.02 Å². The van der Waals surface area contributed by atoms with Crippen molar-refractivity contribution < 1.29 is 0 Å². The van der Waals surface area contributed by atoms with Crippen LogP contribution in [0.4, 0.5) is 11.4 Å². The predicted molar refractivity (Wildman–Crippen MR) is 168 cm³/mol. The van der Waals surface area contributed by atoms with E-state index in [1.165, 1.54) is 12.0 Å². The molecule has 6 rings (SSSR count). The normalized spacial score (nSPS) is 23.0. The Balaban J connectivity index is 1.44. The Morgan fingerprint density at radius 3 is 2.42 bits per heavy atom. The first-order valence-electron chi connectivity index (χ1n) is 14.0. The molecule has 0 saturated carbocycles. The molecule has 2 fully saturated rings. The molecule has 206 valence electrons. The van der Waals surface area contributed by atoms with E-state index in [4.69, 9.17) is 28.8 Å². The molecule has 0 aliphatic carbocycles. The molecule has 40 heavy (non-hydrogen) atoms. The zero-order valence-corrected chi connectivity index (χ0v) is 25.0. The highest BCUT2D eigenvalue weighted by molar-refractivity contribution is 7.80. The quantitative estimate of drug-likeness (QED) is 0.256. The van der Waals surface area contributed by atoms with Crippen LogP contribution in [0.3, 0.4) is 0 Å². The number of benzene rings is 1. The van der Waals surface area contributed by atoms with Crippen molar-refractivity contribution in [1.82, 2.24) is 19.9 Å². The molecule has 6 nitrogen and oxygen atoms in total. The average molecular weight is 571 g/mol. The van der Waals surface area contributed by atoms with Gasteiger partial charge in [-0.3, -0.25) is 9.97 Å². The molecule has 0 amide bonds. The van der Waals surface area contributed by atoms with Gasteiger partial charge in [0.1, 0.15) is 0 Å². The zero-order valence-electron chi connectivity index (χ0n) is 23.4. The van der Waals surface area contributed by atoms with Crippen molar-refractivity contribution in [1.29, 1.82) is 0 Å². The third kappa shape index (κ3) is 4.86. The fraction of sp³-hybridized carbons (Fsp3) is 0.344. The zero-order chi connectivity index (χ0) is 28.0. The van der Waals surface area contributed by atoms with Crippen LogP contribution in [0.1, 0.15) is 55.0 Å². The third-order valence-corrected chi connectivity index (χ3v) is 8.83. The summed E-state index contributed by atoms with van der Waals surface area (Å²) in [5.74, 6) is 1.29. The van der Waals surface area contributed by atoms with Crippen LogP contribution >= 0.6 is 23.8 Å². The van der Waals surface area contributed by atoms with Gasteiger partial charge in [0.15, 0.2) is 5.11 Å². The molecule has 0 radical (unpaired) electrons. The summed E-state index contributed by atoms with van der Waals surface area (Å²) < 4.78 is 2.26. The van der Waals surface area contributed by atoms with E-state index >= 15 is 0 Å². The lowest BCUT2D eigenvalue weighted by Gasteiger charge is -2.37. The number of piperidine rings is 1. The fourth-order valence-electron chi connectivity index (χ4n) is 6.68. The van der Waals surface area contributed by atoms with Crippen molar-refractivity contribution >= 4 is 40.3 Å². The molecule has 2 aliphatic heterocycles. The summed E-state index contributed by atoms with van der Waals surface area (Å²) in [6.07, 6.45) is 6.80. The number of aromatic nitrogens is 3. The van der Waals surface area contributed by atoms with Gasteiger partial charge in [0.25, 0.3) is 0 Å². The van der Waals surface area contributed by atoms with Gasteiger partial charge in [-0.05, 0) is 98.4 Å². The second-order valence-electron chi connectivity index (χ2n) is 11.4. The number of nitrogens with zero attached hydrogens (tertiary/aromatic N) is 5. The lowest BCUT2D eigenvalue weighted by Crippen LogP contribution is -2.38. The summed E-state index contributed by atoms with van der Waals surface area (Å²) >= 11 is 13.0. The molecule has 8 heteroatoms. The molecule has 2 aliphatic rings. The lowest BCUT2D eigenvalue weighted by molar-refractivity contribution is 0.357. The van der Waals surface area contributed by atoms with E-state index in [9.17, 15) is 0 Å². The first-order chi connectivity index (χ1) is 19.3. The topological polar surface area (TPSA) is 49.2 Å². The first-order valence-corrected chi connectivity index (χ1v) is 14.7. The highest BCUT2D eigenvalue weighted by atomic mass is 35.5. The van der Waals surface area contributed by atoms with E-state index in [0.29, 0.717) is 16.9 Å². The molecule has 1 N–H and O–H groups in total. The van der Waals surface area contributed by atoms with Gasteiger partial charge in [0.05, 0.1) is 40.4 Å². The second-order valence-corrected chi connectivity index (χ2v) is 12.2. The SMILES string of the molecule is Cc1cc([C@@H]2[C@H](c3ccccn3)NC(=S)N2c2ccc(N3C[C@H](C)C[C@@H](C)C3)c(Cl)c2)c(C)n1-c1cccnc1. The largest absolute Gasteiger partial charge is 0.370 e. The molecule has 0 spiro atoms. The van der Waals surface area contributed by atoms with Crippen LogP contribution in [-0.2, 0) is 0 Å². The number of pyridine rings is 2. The van der Waals surface area contributed by atoms with Gasteiger partial charge in [-0.15, -0.1) is 0 Å². The summed E-state index contributed by atoms with van der Waals surface area (Å²) in [6, 6.07) is 18.5. The van der Waals surface area contributed by atoms with Gasteiger partial charge in [-0.2, -0.15) is 0 Å². The van der Waals surface area contributed by atoms with Crippen molar-refractivity contribution in [2.24, 2.45) is 11.8 Å². The molecule has 1 aromatic carbocycles. The molecule has 2 saturated heterocycles. The fourth-order valence-corrected chi connectivity index (χ4v) is 7.32. The smallest absolute Gasteiger partial charge is 0.174 e. The molecule has 0 unspecified atom stereocenters. The van der Waals surface area contributed by atoms with Crippen LogP contribution in [-0.4, -0.2) is 32.7 Å². The Labute approximate surface area is 247 Å². The van der Waals surface area contributed by atoms with E-state index < -0.39 is 0 Å². The number of halogens is 1. The minimum absolute atomic E-state index is 0.115. The van der Waals surface area contributed by atoms with Gasteiger partial charge in [0, 0.05) is 42.6 Å². The number of hydrogen-bond acceptors (Lipinski definition) is 4. The van der Waals surface area contributed by atoms with Gasteiger partial charge in [-0.25, -0.2) is 0 Å². The number of thiocarbonyl (C=S) groups is 1. The molecule has 4 aromatic rings. The summed E-state index contributed by atoms with van der Waals surface area (Å²) in [7, 11) is 0. The Morgan fingerprint density at radius 2 is 1.75 bits per heavy atom. The van der Waals surface area contributed by atoms with E-state index in [1.807, 2.05) is 30.6 Å². The van der Waals surface area contributed by atoms with Crippen LogP contribution < -0.4 is 15.1 Å². The molecular weight excluding hydrogens is 536 g/mol. The molecule has 5 heterocycles. The number of rotatable bonds is 5. The second kappa shape index (κ2) is 10.9. The Kier molecular flexibility index (Phi) is 7.27. The van der Waals surface area contributed by atoms with Crippen LogP contribution in [0, 0.1) is 25.7 Å². The molecular formula is C32H35ClN6S. The van der Waals surface area contributed by atoms with Gasteiger partial charge in [-0.1, -0.05) is 31.5 Å². The van der Waals surface area contributed by atoms with Crippen LogP contribution in [0.5, 0.6) is 0 Å². The van der Waals surface area contributed by atoms with Crippen molar-refractivity contribution in [2.45, 2.75) is 46.2 Å². The van der Waals surface area contributed by atoms with E-state index in [0.717, 1.165) is 52.3 Å². The minimum atomic E-state index is -0.126. The maximum absolute atomic E-state index is 7.02. The maximum Gasteiger partial charge on any atom is 0.174 e. The van der Waals surface area contributed by atoms with E-state index in [2.05, 4.69) is 88.8 Å². The van der Waals surface area contributed by atoms with E-state index in [1.54, 1.807) is 6.20 Å². The van der Waals surface area contributed by atoms with Crippen LogP contribution in [0.25, 0.3) is 5.69 Å². The summed E-state index contributed by atoms with van der Waals surface area (Å²) in [5.41, 5.74) is 7.52.